The fourth-order valence-electron chi connectivity index (χ4n) is 4.26. The van der Waals surface area contributed by atoms with Gasteiger partial charge in [0.15, 0.2) is 0 Å². The van der Waals surface area contributed by atoms with E-state index in [1.165, 1.54) is 6.07 Å². The number of carbonyl (C=O) groups is 1. The predicted octanol–water partition coefficient (Wildman–Crippen LogP) is 5.49. The first-order valence-electron chi connectivity index (χ1n) is 11.8. The van der Waals surface area contributed by atoms with Crippen molar-refractivity contribution in [1.82, 2.24) is 14.9 Å². The van der Waals surface area contributed by atoms with E-state index in [-0.39, 0.29) is 12.4 Å². The molecule has 1 aromatic carbocycles. The zero-order valence-electron chi connectivity index (χ0n) is 19.7. The second-order valence-electron chi connectivity index (χ2n) is 9.08. The van der Waals surface area contributed by atoms with Crippen LogP contribution in [0.15, 0.2) is 54.7 Å². The van der Waals surface area contributed by atoms with Gasteiger partial charge in [-0.05, 0) is 62.2 Å². The molecule has 0 spiro atoms. The number of hydrogen-bond acceptors (Lipinski definition) is 5. The van der Waals surface area contributed by atoms with E-state index in [4.69, 9.17) is 21.4 Å². The minimum absolute atomic E-state index is 0.0961. The standard InChI is InChI=1S/C27H29ClFN3O3/c1-18(27(33)34)13-19-5-8-23(30-15-19)16-32-11-9-20(10-12-32)25-3-2-4-26(31-25)35-17-21-6-7-22(28)14-24(21)29/h2-8,14-15,18,20H,9-13,16-17H2,1H3,(H,33,34). The van der Waals surface area contributed by atoms with Crippen molar-refractivity contribution < 1.29 is 19.0 Å². The number of carboxylic acids is 1. The fourth-order valence-corrected chi connectivity index (χ4v) is 4.41. The number of piperidine rings is 1. The highest BCUT2D eigenvalue weighted by atomic mass is 35.5. The van der Waals surface area contributed by atoms with Crippen molar-refractivity contribution in [2.45, 2.75) is 45.3 Å². The second kappa shape index (κ2) is 11.6. The molecule has 4 rings (SSSR count). The summed E-state index contributed by atoms with van der Waals surface area (Å²) in [4.78, 5) is 22.6. The molecule has 3 heterocycles. The zero-order valence-corrected chi connectivity index (χ0v) is 20.4. The van der Waals surface area contributed by atoms with Crippen LogP contribution >= 0.6 is 11.6 Å². The number of ether oxygens (including phenoxy) is 1. The lowest BCUT2D eigenvalue weighted by molar-refractivity contribution is -0.141. The topological polar surface area (TPSA) is 75.5 Å². The average molecular weight is 498 g/mol. The summed E-state index contributed by atoms with van der Waals surface area (Å²) in [5.41, 5.74) is 3.36. The van der Waals surface area contributed by atoms with Gasteiger partial charge in [-0.25, -0.2) is 9.37 Å². The van der Waals surface area contributed by atoms with Gasteiger partial charge < -0.3 is 9.84 Å². The Morgan fingerprint density at radius 1 is 1.23 bits per heavy atom. The van der Waals surface area contributed by atoms with Gasteiger partial charge in [-0.2, -0.15) is 0 Å². The van der Waals surface area contributed by atoms with Crippen LogP contribution in [-0.2, 0) is 24.4 Å². The van der Waals surface area contributed by atoms with Crippen molar-refractivity contribution in [3.8, 4) is 5.88 Å². The molecule has 0 bridgehead atoms. The molecule has 1 N–H and O–H groups in total. The molecule has 3 aromatic rings. The summed E-state index contributed by atoms with van der Waals surface area (Å²) in [7, 11) is 0. The molecule has 1 atom stereocenters. The van der Waals surface area contributed by atoms with Gasteiger partial charge in [-0.1, -0.05) is 36.7 Å². The average Bonchev–Trinajstić information content (AvgIpc) is 2.85. The third kappa shape index (κ3) is 6.99. The van der Waals surface area contributed by atoms with Gasteiger partial charge in [0, 0.05) is 41.0 Å². The highest BCUT2D eigenvalue weighted by Crippen LogP contribution is 2.29. The van der Waals surface area contributed by atoms with Crippen LogP contribution in [-0.4, -0.2) is 39.0 Å². The molecule has 0 aliphatic carbocycles. The summed E-state index contributed by atoms with van der Waals surface area (Å²) in [6.45, 7) is 4.44. The van der Waals surface area contributed by atoms with Gasteiger partial charge in [-0.15, -0.1) is 0 Å². The molecule has 1 aliphatic heterocycles. The Morgan fingerprint density at radius 2 is 2.03 bits per heavy atom. The predicted molar refractivity (Wildman–Crippen MR) is 132 cm³/mol. The summed E-state index contributed by atoms with van der Waals surface area (Å²) in [5.74, 6) is -0.771. The number of aromatic nitrogens is 2. The monoisotopic (exact) mass is 497 g/mol. The van der Waals surface area contributed by atoms with E-state index in [1.54, 1.807) is 31.3 Å². The first-order chi connectivity index (χ1) is 16.9. The third-order valence-electron chi connectivity index (χ3n) is 6.38. The summed E-state index contributed by atoms with van der Waals surface area (Å²) >= 11 is 5.81. The van der Waals surface area contributed by atoms with Crippen LogP contribution in [0.1, 0.15) is 48.2 Å². The molecule has 1 aliphatic rings. The smallest absolute Gasteiger partial charge is 0.306 e. The SMILES string of the molecule is CC(Cc1ccc(CN2CCC(c3cccc(OCc4ccc(Cl)cc4F)n3)CC2)nc1)C(=O)O. The Labute approximate surface area is 209 Å². The number of likely N-dealkylation sites (tertiary alicyclic amines) is 1. The largest absolute Gasteiger partial charge is 0.481 e. The van der Waals surface area contributed by atoms with Gasteiger partial charge in [0.1, 0.15) is 12.4 Å². The maximum atomic E-state index is 14.0. The molecule has 1 saturated heterocycles. The Balaban J connectivity index is 1.27. The summed E-state index contributed by atoms with van der Waals surface area (Å²) < 4.78 is 19.7. The van der Waals surface area contributed by atoms with Gasteiger partial charge in [0.05, 0.1) is 11.6 Å². The van der Waals surface area contributed by atoms with Crippen molar-refractivity contribution in [3.05, 3.63) is 88.1 Å². The molecule has 1 fully saturated rings. The summed E-state index contributed by atoms with van der Waals surface area (Å²) in [6.07, 6.45) is 4.23. The number of carboxylic acid groups (broad SMARTS) is 1. The van der Waals surface area contributed by atoms with Crippen LogP contribution in [0.5, 0.6) is 5.88 Å². The van der Waals surface area contributed by atoms with Crippen molar-refractivity contribution in [3.63, 3.8) is 0 Å². The zero-order chi connectivity index (χ0) is 24.8. The molecule has 35 heavy (non-hydrogen) atoms. The van der Waals surface area contributed by atoms with Crippen molar-refractivity contribution in [2.24, 2.45) is 5.92 Å². The normalized spacial score (nSPS) is 15.6. The van der Waals surface area contributed by atoms with Crippen LogP contribution in [0.4, 0.5) is 4.39 Å². The van der Waals surface area contributed by atoms with Gasteiger partial charge in [-0.3, -0.25) is 14.7 Å². The van der Waals surface area contributed by atoms with Crippen LogP contribution in [0.25, 0.3) is 0 Å². The maximum Gasteiger partial charge on any atom is 0.306 e. The Hall–Kier alpha value is -3.03. The number of hydrogen-bond donors (Lipinski definition) is 1. The number of aliphatic carboxylic acids is 1. The van der Waals surface area contributed by atoms with E-state index < -0.39 is 11.9 Å². The minimum atomic E-state index is -0.793. The lowest BCUT2D eigenvalue weighted by Gasteiger charge is -2.31. The molecule has 1 unspecified atom stereocenters. The maximum absolute atomic E-state index is 14.0. The van der Waals surface area contributed by atoms with Crippen LogP contribution in [0, 0.1) is 11.7 Å². The van der Waals surface area contributed by atoms with Crippen LogP contribution < -0.4 is 4.74 Å². The molecule has 8 heteroatoms. The van der Waals surface area contributed by atoms with Gasteiger partial charge >= 0.3 is 5.97 Å². The quantitative estimate of drug-likeness (QED) is 0.421. The van der Waals surface area contributed by atoms with Crippen molar-refractivity contribution >= 4 is 17.6 Å². The number of halogens is 2. The van der Waals surface area contributed by atoms with E-state index >= 15 is 0 Å². The summed E-state index contributed by atoms with van der Waals surface area (Å²) in [6, 6.07) is 14.2. The number of pyridine rings is 2. The number of nitrogens with zero attached hydrogens (tertiary/aromatic N) is 3. The summed E-state index contributed by atoms with van der Waals surface area (Å²) in [5, 5.41) is 9.43. The lowest BCUT2D eigenvalue weighted by atomic mass is 9.93. The van der Waals surface area contributed by atoms with Crippen LogP contribution in [0.2, 0.25) is 5.02 Å². The molecule has 0 radical (unpaired) electrons. The number of rotatable bonds is 9. The molecule has 184 valence electrons. The van der Waals surface area contributed by atoms with Gasteiger partial charge in [0.25, 0.3) is 0 Å². The Bertz CT molecular complexity index is 1150. The van der Waals surface area contributed by atoms with E-state index in [1.807, 2.05) is 24.3 Å². The van der Waals surface area contributed by atoms with Gasteiger partial charge in [0.2, 0.25) is 5.88 Å². The first-order valence-corrected chi connectivity index (χ1v) is 12.2. The lowest BCUT2D eigenvalue weighted by Crippen LogP contribution is -2.33. The van der Waals surface area contributed by atoms with E-state index in [9.17, 15) is 9.18 Å². The Kier molecular flexibility index (Phi) is 8.31. The first kappa shape index (κ1) is 25.1. The molecular formula is C27H29ClFN3O3. The Morgan fingerprint density at radius 3 is 2.71 bits per heavy atom. The third-order valence-corrected chi connectivity index (χ3v) is 6.61. The minimum Gasteiger partial charge on any atom is -0.481 e. The second-order valence-corrected chi connectivity index (χ2v) is 9.51. The van der Waals surface area contributed by atoms with E-state index in [0.29, 0.717) is 28.8 Å². The molecule has 2 aromatic heterocycles. The molecule has 0 saturated carbocycles. The van der Waals surface area contributed by atoms with E-state index in [2.05, 4.69) is 14.9 Å². The fraction of sp³-hybridized carbons (Fsp3) is 0.370. The molecule has 6 nitrogen and oxygen atoms in total. The van der Waals surface area contributed by atoms with Crippen molar-refractivity contribution in [2.75, 3.05) is 13.1 Å². The van der Waals surface area contributed by atoms with Crippen LogP contribution in [0.3, 0.4) is 0 Å². The molecular weight excluding hydrogens is 469 g/mol. The number of benzene rings is 1. The van der Waals surface area contributed by atoms with E-state index in [0.717, 1.165) is 49.4 Å². The molecule has 0 amide bonds. The highest BCUT2D eigenvalue weighted by molar-refractivity contribution is 6.30. The highest BCUT2D eigenvalue weighted by Gasteiger charge is 2.22. The van der Waals surface area contributed by atoms with Crippen molar-refractivity contribution in [1.29, 1.82) is 0 Å².